The average molecular weight is 463 g/mol. The first kappa shape index (κ1) is 22.3. The largest absolute Gasteiger partial charge is 0.477 e. The Morgan fingerprint density at radius 1 is 1.06 bits per heavy atom. The lowest BCUT2D eigenvalue weighted by Crippen LogP contribution is -2.24. The first-order valence-electron chi connectivity index (χ1n) is 9.89. The normalized spacial score (nSPS) is 11.8. The number of carbonyl (C=O) groups excluding carboxylic acids is 2. The second-order valence-electron chi connectivity index (χ2n) is 6.84. The molecular weight excluding hydrogens is 446 g/mol. The van der Waals surface area contributed by atoms with Crippen LogP contribution in [0.4, 0.5) is 5.69 Å². The van der Waals surface area contributed by atoms with Crippen LogP contribution in [0.25, 0.3) is 0 Å². The maximum absolute atomic E-state index is 12.4. The van der Waals surface area contributed by atoms with E-state index in [0.29, 0.717) is 22.6 Å². The number of nitrogens with zero attached hydrogens (tertiary/aromatic N) is 2. The highest BCUT2D eigenvalue weighted by atomic mass is 16.7. The monoisotopic (exact) mass is 463 g/mol. The number of ether oxygens (including phenoxy) is 4. The third-order valence-corrected chi connectivity index (χ3v) is 4.50. The first-order chi connectivity index (χ1) is 16.5. The van der Waals surface area contributed by atoms with E-state index in [2.05, 4.69) is 10.5 Å². The smallest absolute Gasteiger partial charge is 0.343 e. The molecule has 3 aromatic carbocycles. The van der Waals surface area contributed by atoms with Crippen LogP contribution < -0.4 is 24.4 Å². The fraction of sp³-hybridized carbons (Fsp3) is 0.0870. The molecule has 1 amide bonds. The lowest BCUT2D eigenvalue weighted by molar-refractivity contribution is -0.385. The topological polar surface area (TPSA) is 139 Å². The van der Waals surface area contributed by atoms with E-state index in [-0.39, 0.29) is 24.0 Å². The van der Waals surface area contributed by atoms with E-state index in [1.807, 2.05) is 0 Å². The van der Waals surface area contributed by atoms with Crippen molar-refractivity contribution in [2.24, 2.45) is 5.10 Å². The molecule has 11 nitrogen and oxygen atoms in total. The van der Waals surface area contributed by atoms with E-state index in [1.54, 1.807) is 42.5 Å². The average Bonchev–Trinajstić information content (AvgIpc) is 3.31. The number of carbonyl (C=O) groups is 2. The van der Waals surface area contributed by atoms with Crippen LogP contribution in [-0.2, 0) is 4.79 Å². The van der Waals surface area contributed by atoms with Crippen molar-refractivity contribution in [1.29, 1.82) is 0 Å². The SMILES string of the molecule is O=C(COc1ccccc1[N+](=O)[O-])N/N=C/c1cccc(OC(=O)c2ccc3c(c2)OCO3)c1. The minimum Gasteiger partial charge on any atom is -0.477 e. The van der Waals surface area contributed by atoms with Crippen LogP contribution >= 0.6 is 0 Å². The Hall–Kier alpha value is -4.93. The molecule has 172 valence electrons. The number of nitrogens with one attached hydrogen (secondary N) is 1. The molecular formula is C23H17N3O8. The summed E-state index contributed by atoms with van der Waals surface area (Å²) < 4.78 is 21.1. The van der Waals surface area contributed by atoms with Gasteiger partial charge in [0.1, 0.15) is 5.75 Å². The lowest BCUT2D eigenvalue weighted by Gasteiger charge is -2.06. The molecule has 0 saturated heterocycles. The third kappa shape index (κ3) is 5.46. The summed E-state index contributed by atoms with van der Waals surface area (Å²) in [5.74, 6) is 0.0926. The maximum atomic E-state index is 12.4. The molecule has 0 unspecified atom stereocenters. The van der Waals surface area contributed by atoms with Crippen LogP contribution in [0.1, 0.15) is 15.9 Å². The zero-order valence-electron chi connectivity index (χ0n) is 17.5. The third-order valence-electron chi connectivity index (χ3n) is 4.50. The summed E-state index contributed by atoms with van der Waals surface area (Å²) in [6.07, 6.45) is 1.35. The van der Waals surface area contributed by atoms with Gasteiger partial charge in [0.15, 0.2) is 23.9 Å². The van der Waals surface area contributed by atoms with Crippen LogP contribution in [0.3, 0.4) is 0 Å². The molecule has 0 atom stereocenters. The number of hydrogen-bond acceptors (Lipinski definition) is 9. The van der Waals surface area contributed by atoms with Gasteiger partial charge in [-0.1, -0.05) is 24.3 Å². The van der Waals surface area contributed by atoms with E-state index in [1.165, 1.54) is 30.5 Å². The van der Waals surface area contributed by atoms with Gasteiger partial charge in [0.25, 0.3) is 5.91 Å². The molecule has 0 aromatic heterocycles. The van der Waals surface area contributed by atoms with Gasteiger partial charge in [0.05, 0.1) is 16.7 Å². The zero-order valence-corrected chi connectivity index (χ0v) is 17.5. The first-order valence-corrected chi connectivity index (χ1v) is 9.89. The highest BCUT2D eigenvalue weighted by Gasteiger charge is 2.18. The minimum atomic E-state index is -0.611. The van der Waals surface area contributed by atoms with Crippen molar-refractivity contribution < 1.29 is 33.5 Å². The van der Waals surface area contributed by atoms with Gasteiger partial charge in [-0.05, 0) is 42.0 Å². The molecule has 1 N–H and O–H groups in total. The van der Waals surface area contributed by atoms with Crippen LogP contribution in [-0.4, -0.2) is 36.4 Å². The van der Waals surface area contributed by atoms with E-state index in [9.17, 15) is 19.7 Å². The number of nitro benzene ring substituents is 1. The molecule has 0 aliphatic carbocycles. The number of esters is 1. The summed E-state index contributed by atoms with van der Waals surface area (Å²) in [7, 11) is 0. The Balaban J connectivity index is 1.31. The molecule has 1 aliphatic heterocycles. The molecule has 1 aliphatic rings. The summed E-state index contributed by atoms with van der Waals surface area (Å²) in [6.45, 7) is -0.362. The van der Waals surface area contributed by atoms with Gasteiger partial charge in [-0.2, -0.15) is 5.10 Å². The molecule has 11 heteroatoms. The Bertz CT molecular complexity index is 1270. The molecule has 0 radical (unpaired) electrons. The van der Waals surface area contributed by atoms with E-state index >= 15 is 0 Å². The summed E-state index contributed by atoms with van der Waals surface area (Å²) in [6, 6.07) is 17.0. The van der Waals surface area contributed by atoms with Crippen molar-refractivity contribution in [3.63, 3.8) is 0 Å². The Morgan fingerprint density at radius 2 is 1.88 bits per heavy atom. The fourth-order valence-corrected chi connectivity index (χ4v) is 2.93. The highest BCUT2D eigenvalue weighted by molar-refractivity contribution is 5.92. The fourth-order valence-electron chi connectivity index (χ4n) is 2.93. The number of nitro groups is 1. The van der Waals surface area contributed by atoms with Crippen LogP contribution in [0.5, 0.6) is 23.0 Å². The van der Waals surface area contributed by atoms with Crippen molar-refractivity contribution in [2.45, 2.75) is 0 Å². The predicted octanol–water partition coefficient (Wildman–Crippen LogP) is 3.07. The molecule has 0 spiro atoms. The molecule has 3 aromatic rings. The number of amides is 1. The van der Waals surface area contributed by atoms with Crippen molar-refractivity contribution in [3.05, 3.63) is 88.0 Å². The van der Waals surface area contributed by atoms with E-state index in [0.717, 1.165) is 0 Å². The number of hydrogen-bond donors (Lipinski definition) is 1. The Kier molecular flexibility index (Phi) is 6.63. The molecule has 0 fully saturated rings. The molecule has 1 heterocycles. The summed E-state index contributed by atoms with van der Waals surface area (Å²) in [5, 5.41) is 14.8. The van der Waals surface area contributed by atoms with E-state index < -0.39 is 23.4 Å². The van der Waals surface area contributed by atoms with Gasteiger partial charge in [0, 0.05) is 6.07 Å². The number of para-hydroxylation sites is 2. The summed E-state index contributed by atoms with van der Waals surface area (Å²) in [5.41, 5.74) is 2.87. The van der Waals surface area contributed by atoms with Crippen molar-refractivity contribution in [1.82, 2.24) is 5.43 Å². The van der Waals surface area contributed by atoms with Gasteiger partial charge in [0.2, 0.25) is 6.79 Å². The summed E-state index contributed by atoms with van der Waals surface area (Å²) in [4.78, 5) is 34.7. The van der Waals surface area contributed by atoms with Gasteiger partial charge in [-0.3, -0.25) is 14.9 Å². The van der Waals surface area contributed by atoms with Gasteiger partial charge in [-0.15, -0.1) is 0 Å². The number of fused-ring (bicyclic) bond motifs is 1. The zero-order chi connectivity index (χ0) is 23.9. The van der Waals surface area contributed by atoms with Crippen molar-refractivity contribution in [2.75, 3.05) is 13.4 Å². The minimum absolute atomic E-state index is 0.0244. The van der Waals surface area contributed by atoms with Crippen molar-refractivity contribution in [3.8, 4) is 23.0 Å². The van der Waals surface area contributed by atoms with Gasteiger partial charge >= 0.3 is 11.7 Å². The Morgan fingerprint density at radius 3 is 2.74 bits per heavy atom. The number of benzene rings is 3. The molecule has 4 rings (SSSR count). The quantitative estimate of drug-likeness (QED) is 0.177. The second-order valence-corrected chi connectivity index (χ2v) is 6.84. The Labute approximate surface area is 192 Å². The maximum Gasteiger partial charge on any atom is 0.343 e. The number of rotatable bonds is 8. The predicted molar refractivity (Wildman–Crippen MR) is 118 cm³/mol. The van der Waals surface area contributed by atoms with Crippen molar-refractivity contribution >= 4 is 23.8 Å². The molecule has 0 saturated carbocycles. The van der Waals surface area contributed by atoms with Gasteiger partial charge < -0.3 is 18.9 Å². The van der Waals surface area contributed by atoms with Crippen LogP contribution in [0.15, 0.2) is 71.8 Å². The van der Waals surface area contributed by atoms with E-state index in [4.69, 9.17) is 18.9 Å². The highest BCUT2D eigenvalue weighted by Crippen LogP contribution is 2.32. The molecule has 34 heavy (non-hydrogen) atoms. The van der Waals surface area contributed by atoms with Crippen LogP contribution in [0, 0.1) is 10.1 Å². The van der Waals surface area contributed by atoms with Gasteiger partial charge in [-0.25, -0.2) is 10.2 Å². The second kappa shape index (κ2) is 10.1. The summed E-state index contributed by atoms with van der Waals surface area (Å²) >= 11 is 0. The molecule has 0 bridgehead atoms. The lowest BCUT2D eigenvalue weighted by atomic mass is 10.2. The van der Waals surface area contributed by atoms with Crippen LogP contribution in [0.2, 0.25) is 0 Å². The number of hydrazone groups is 1. The standard InChI is InChI=1S/C23H17N3O8/c27-22(13-31-19-7-2-1-6-18(19)26(29)30)25-24-12-15-4-3-5-17(10-15)34-23(28)16-8-9-20-21(11-16)33-14-32-20/h1-12H,13-14H2,(H,25,27)/b24-12+.